The highest BCUT2D eigenvalue weighted by molar-refractivity contribution is 14.0. The van der Waals surface area contributed by atoms with Crippen molar-refractivity contribution in [2.75, 3.05) is 25.6 Å². The molecular formula is C18H24IN3O2. The third-order valence-corrected chi connectivity index (χ3v) is 3.30. The number of nitrogens with zero attached hydrogens (tertiary/aromatic N) is 1. The van der Waals surface area contributed by atoms with E-state index in [1.54, 1.807) is 7.11 Å². The Bertz CT molecular complexity index is 662. The zero-order valence-electron chi connectivity index (χ0n) is 14.0. The van der Waals surface area contributed by atoms with Gasteiger partial charge in [0.05, 0.1) is 13.2 Å². The van der Waals surface area contributed by atoms with Crippen molar-refractivity contribution in [3.63, 3.8) is 0 Å². The summed E-state index contributed by atoms with van der Waals surface area (Å²) in [5.41, 5.74) is 8.96. The molecule has 0 spiro atoms. The third-order valence-electron chi connectivity index (χ3n) is 3.30. The number of nitrogens with two attached hydrogens (primary N) is 1. The summed E-state index contributed by atoms with van der Waals surface area (Å²) in [5.74, 6) is 1.24. The van der Waals surface area contributed by atoms with Gasteiger partial charge in [-0.2, -0.15) is 0 Å². The summed E-state index contributed by atoms with van der Waals surface area (Å²) in [6, 6.07) is 15.7. The number of nitrogens with one attached hydrogen (secondary N) is 1. The number of methoxy groups -OCH3 is 1. The second-order valence-electron chi connectivity index (χ2n) is 5.10. The Kier molecular flexibility index (Phi) is 9.18. The Balaban J connectivity index is 0.00000288. The van der Waals surface area contributed by atoms with Gasteiger partial charge in [0.1, 0.15) is 12.4 Å². The van der Waals surface area contributed by atoms with Crippen molar-refractivity contribution >= 4 is 35.6 Å². The molecule has 2 rings (SSSR count). The number of aliphatic imine (C=N–C) groups is 1. The van der Waals surface area contributed by atoms with Gasteiger partial charge in [-0.1, -0.05) is 36.4 Å². The van der Waals surface area contributed by atoms with Crippen LogP contribution in [0.15, 0.2) is 53.5 Å². The maximum atomic E-state index is 5.92. The minimum absolute atomic E-state index is 0. The van der Waals surface area contributed by atoms with Gasteiger partial charge < -0.3 is 20.5 Å². The summed E-state index contributed by atoms with van der Waals surface area (Å²) < 4.78 is 10.9. The number of hydrogen-bond acceptors (Lipinski definition) is 3. The maximum Gasteiger partial charge on any atom is 0.193 e. The summed E-state index contributed by atoms with van der Waals surface area (Å²) >= 11 is 0. The molecule has 0 saturated heterocycles. The molecule has 5 nitrogen and oxygen atoms in total. The van der Waals surface area contributed by atoms with Gasteiger partial charge in [0.15, 0.2) is 5.96 Å². The largest absolute Gasteiger partial charge is 0.491 e. The molecular weight excluding hydrogens is 417 g/mol. The molecule has 0 aliphatic heterocycles. The molecule has 24 heavy (non-hydrogen) atoms. The summed E-state index contributed by atoms with van der Waals surface area (Å²) in [7, 11) is 1.66. The van der Waals surface area contributed by atoms with Crippen LogP contribution in [0.1, 0.15) is 11.1 Å². The molecule has 0 heterocycles. The zero-order chi connectivity index (χ0) is 16.5. The first kappa shape index (κ1) is 20.2. The Morgan fingerprint density at radius 3 is 2.58 bits per heavy atom. The van der Waals surface area contributed by atoms with E-state index in [-0.39, 0.29) is 24.0 Å². The van der Waals surface area contributed by atoms with Crippen LogP contribution in [0.3, 0.4) is 0 Å². The zero-order valence-corrected chi connectivity index (χ0v) is 16.3. The van der Waals surface area contributed by atoms with E-state index in [1.165, 1.54) is 0 Å². The van der Waals surface area contributed by atoms with Crippen LogP contribution in [0, 0.1) is 6.92 Å². The number of hydrogen-bond donors (Lipinski definition) is 2. The average molecular weight is 441 g/mol. The molecule has 130 valence electrons. The van der Waals surface area contributed by atoms with Crippen LogP contribution >= 0.6 is 24.0 Å². The van der Waals surface area contributed by atoms with Crippen molar-refractivity contribution in [1.29, 1.82) is 0 Å². The van der Waals surface area contributed by atoms with Gasteiger partial charge in [-0.15, -0.1) is 24.0 Å². The SMILES string of the molecule is COCc1ccccc1NC(N)=NCCOc1ccccc1C.I. The first-order chi connectivity index (χ1) is 11.2. The topological polar surface area (TPSA) is 68.9 Å². The van der Waals surface area contributed by atoms with Gasteiger partial charge in [-0.25, -0.2) is 4.99 Å². The van der Waals surface area contributed by atoms with Gasteiger partial charge in [0, 0.05) is 18.4 Å². The van der Waals surface area contributed by atoms with Crippen molar-refractivity contribution in [3.05, 3.63) is 59.7 Å². The molecule has 2 aromatic rings. The van der Waals surface area contributed by atoms with Crippen LogP contribution in [0.4, 0.5) is 5.69 Å². The molecule has 0 radical (unpaired) electrons. The molecule has 0 unspecified atom stereocenters. The number of halogens is 1. The average Bonchev–Trinajstić information content (AvgIpc) is 2.55. The molecule has 0 fully saturated rings. The van der Waals surface area contributed by atoms with Crippen molar-refractivity contribution in [1.82, 2.24) is 0 Å². The van der Waals surface area contributed by atoms with Gasteiger partial charge in [0.25, 0.3) is 0 Å². The highest BCUT2D eigenvalue weighted by Gasteiger charge is 2.02. The maximum absolute atomic E-state index is 5.92. The first-order valence-electron chi connectivity index (χ1n) is 7.53. The minimum Gasteiger partial charge on any atom is -0.491 e. The Morgan fingerprint density at radius 1 is 1.12 bits per heavy atom. The third kappa shape index (κ3) is 6.37. The monoisotopic (exact) mass is 441 g/mol. The van der Waals surface area contributed by atoms with E-state index in [2.05, 4.69) is 10.3 Å². The Labute approximate surface area is 160 Å². The molecule has 0 atom stereocenters. The smallest absolute Gasteiger partial charge is 0.193 e. The fraction of sp³-hybridized carbons (Fsp3) is 0.278. The van der Waals surface area contributed by atoms with Crippen LogP contribution in [-0.2, 0) is 11.3 Å². The van der Waals surface area contributed by atoms with E-state index in [4.69, 9.17) is 15.2 Å². The van der Waals surface area contributed by atoms with Gasteiger partial charge in [-0.3, -0.25) is 0 Å². The van der Waals surface area contributed by atoms with Crippen molar-refractivity contribution in [2.24, 2.45) is 10.7 Å². The second kappa shape index (κ2) is 10.9. The normalized spacial score (nSPS) is 10.8. The number of anilines is 1. The lowest BCUT2D eigenvalue weighted by molar-refractivity contribution is 0.185. The number of rotatable bonds is 7. The molecule has 0 saturated carbocycles. The quantitative estimate of drug-likeness (QED) is 0.299. The van der Waals surface area contributed by atoms with E-state index < -0.39 is 0 Å². The van der Waals surface area contributed by atoms with E-state index in [0.717, 1.165) is 22.6 Å². The Morgan fingerprint density at radius 2 is 1.83 bits per heavy atom. The fourth-order valence-electron chi connectivity index (χ4n) is 2.14. The highest BCUT2D eigenvalue weighted by Crippen LogP contribution is 2.16. The fourth-order valence-corrected chi connectivity index (χ4v) is 2.14. The second-order valence-corrected chi connectivity index (χ2v) is 5.10. The first-order valence-corrected chi connectivity index (χ1v) is 7.53. The molecule has 0 aliphatic carbocycles. The number of aryl methyl sites for hydroxylation is 1. The van der Waals surface area contributed by atoms with E-state index in [9.17, 15) is 0 Å². The molecule has 6 heteroatoms. The van der Waals surface area contributed by atoms with Crippen LogP contribution < -0.4 is 15.8 Å². The molecule has 0 bridgehead atoms. The summed E-state index contributed by atoms with van der Waals surface area (Å²) in [6.07, 6.45) is 0. The highest BCUT2D eigenvalue weighted by atomic mass is 127. The predicted octanol–water partition coefficient (Wildman–Crippen LogP) is 3.57. The van der Waals surface area contributed by atoms with Crippen molar-refractivity contribution in [3.8, 4) is 5.75 Å². The van der Waals surface area contributed by atoms with E-state index in [1.807, 2.05) is 55.5 Å². The molecule has 2 aromatic carbocycles. The number of ether oxygens (including phenoxy) is 2. The van der Waals surface area contributed by atoms with Crippen LogP contribution in [0.25, 0.3) is 0 Å². The summed E-state index contributed by atoms with van der Waals surface area (Å²) in [6.45, 7) is 3.50. The van der Waals surface area contributed by atoms with Crippen LogP contribution in [0.5, 0.6) is 5.75 Å². The molecule has 0 aliphatic rings. The van der Waals surface area contributed by atoms with E-state index >= 15 is 0 Å². The molecule has 3 N–H and O–H groups in total. The lowest BCUT2D eigenvalue weighted by Crippen LogP contribution is -2.24. The summed E-state index contributed by atoms with van der Waals surface area (Å²) in [5, 5.41) is 3.10. The predicted molar refractivity (Wildman–Crippen MR) is 109 cm³/mol. The van der Waals surface area contributed by atoms with Crippen LogP contribution in [-0.4, -0.2) is 26.2 Å². The Hall–Kier alpha value is -1.80. The molecule has 0 amide bonds. The van der Waals surface area contributed by atoms with Crippen LogP contribution in [0.2, 0.25) is 0 Å². The summed E-state index contributed by atoms with van der Waals surface area (Å²) in [4.78, 5) is 4.28. The van der Waals surface area contributed by atoms with E-state index in [0.29, 0.717) is 25.7 Å². The lowest BCUT2D eigenvalue weighted by atomic mass is 10.2. The van der Waals surface area contributed by atoms with Gasteiger partial charge in [0.2, 0.25) is 0 Å². The number of benzene rings is 2. The minimum atomic E-state index is 0. The van der Waals surface area contributed by atoms with Crippen molar-refractivity contribution in [2.45, 2.75) is 13.5 Å². The lowest BCUT2D eigenvalue weighted by Gasteiger charge is -2.11. The number of para-hydroxylation sites is 2. The van der Waals surface area contributed by atoms with Gasteiger partial charge in [-0.05, 0) is 24.6 Å². The van der Waals surface area contributed by atoms with Gasteiger partial charge >= 0.3 is 0 Å². The molecule has 0 aromatic heterocycles. The van der Waals surface area contributed by atoms with Crippen molar-refractivity contribution < 1.29 is 9.47 Å². The standard InChI is InChI=1S/C18H23N3O2.HI/c1-14-7-3-6-10-17(14)23-12-11-20-18(19)21-16-9-5-4-8-15(16)13-22-2;/h3-10H,11-13H2,1-2H3,(H3,19,20,21);1H. The number of guanidine groups is 1.